The molecule has 2 aromatic rings. The van der Waals surface area contributed by atoms with E-state index in [1.54, 1.807) is 6.92 Å². The molecule has 1 aromatic heterocycles. The van der Waals surface area contributed by atoms with Crippen molar-refractivity contribution >= 4 is 5.91 Å². The molecule has 0 fully saturated rings. The van der Waals surface area contributed by atoms with Crippen LogP contribution in [0.15, 0.2) is 47.3 Å². The molecule has 0 saturated carbocycles. The second-order valence-electron chi connectivity index (χ2n) is 6.15. The minimum absolute atomic E-state index is 0.175. The Kier molecular flexibility index (Phi) is 6.89. The number of aromatic nitrogens is 2. The average molecular weight is 343 g/mol. The number of carbonyl (C=O) groups excluding carboxylic acids is 1. The molecule has 1 amide bonds. The summed E-state index contributed by atoms with van der Waals surface area (Å²) in [5.41, 5.74) is 0.957. The molecule has 1 aromatic carbocycles. The number of carbonyl (C=O) groups is 1. The maximum Gasteiger partial charge on any atom is 0.272 e. The number of aryl methyl sites for hydroxylation is 1. The van der Waals surface area contributed by atoms with Crippen LogP contribution in [0.4, 0.5) is 0 Å². The monoisotopic (exact) mass is 343 g/mol. The van der Waals surface area contributed by atoms with Crippen LogP contribution in [0.2, 0.25) is 0 Å². The van der Waals surface area contributed by atoms with E-state index in [0.29, 0.717) is 13.0 Å². The number of unbranched alkanes of at least 4 members (excludes halogenated alkanes) is 1. The molecule has 25 heavy (non-hydrogen) atoms. The van der Waals surface area contributed by atoms with Crippen molar-refractivity contribution in [1.29, 1.82) is 0 Å². The Balaban J connectivity index is 1.99. The van der Waals surface area contributed by atoms with E-state index in [1.807, 2.05) is 37.3 Å². The average Bonchev–Trinajstić information content (AvgIpc) is 2.61. The lowest BCUT2D eigenvalue weighted by Gasteiger charge is -2.20. The summed E-state index contributed by atoms with van der Waals surface area (Å²) in [6.45, 7) is 4.26. The van der Waals surface area contributed by atoms with Crippen molar-refractivity contribution in [2.45, 2.75) is 51.8 Å². The van der Waals surface area contributed by atoms with Crippen LogP contribution in [0.25, 0.3) is 0 Å². The second kappa shape index (κ2) is 9.13. The minimum Gasteiger partial charge on any atom is -0.391 e. The van der Waals surface area contributed by atoms with Gasteiger partial charge in [0.25, 0.3) is 11.5 Å². The quantitative estimate of drug-likeness (QED) is 0.765. The van der Waals surface area contributed by atoms with E-state index in [0.717, 1.165) is 18.4 Å². The van der Waals surface area contributed by atoms with Gasteiger partial charge in [-0.05, 0) is 25.0 Å². The van der Waals surface area contributed by atoms with E-state index >= 15 is 0 Å². The Bertz CT molecular complexity index is 743. The van der Waals surface area contributed by atoms with Gasteiger partial charge in [-0.1, -0.05) is 43.7 Å². The van der Waals surface area contributed by atoms with E-state index in [-0.39, 0.29) is 11.3 Å². The summed E-state index contributed by atoms with van der Waals surface area (Å²) < 4.78 is 1.31. The highest BCUT2D eigenvalue weighted by Crippen LogP contribution is 2.06. The molecule has 2 unspecified atom stereocenters. The standard InChI is InChI=1S/C19H25N3O3/c1-3-4-12-22-18(24)11-10-16(21-22)19(25)20-14(2)17(23)13-15-8-6-5-7-9-15/h5-11,14,17,23H,3-4,12-13H2,1-2H3,(H,20,25). The lowest BCUT2D eigenvalue weighted by atomic mass is 10.0. The summed E-state index contributed by atoms with van der Waals surface area (Å²) >= 11 is 0. The van der Waals surface area contributed by atoms with E-state index in [1.165, 1.54) is 16.8 Å². The molecule has 0 radical (unpaired) electrons. The first-order chi connectivity index (χ1) is 12.0. The van der Waals surface area contributed by atoms with Crippen molar-refractivity contribution in [1.82, 2.24) is 15.1 Å². The van der Waals surface area contributed by atoms with Gasteiger partial charge in [-0.2, -0.15) is 5.10 Å². The van der Waals surface area contributed by atoms with E-state index in [9.17, 15) is 14.7 Å². The fraction of sp³-hybridized carbons (Fsp3) is 0.421. The first-order valence-electron chi connectivity index (χ1n) is 8.62. The summed E-state index contributed by atoms with van der Waals surface area (Å²) in [7, 11) is 0. The third-order valence-corrected chi connectivity index (χ3v) is 4.05. The predicted molar refractivity (Wildman–Crippen MR) is 96.5 cm³/mol. The molecule has 2 N–H and O–H groups in total. The highest BCUT2D eigenvalue weighted by atomic mass is 16.3. The number of aliphatic hydroxyl groups is 1. The molecular formula is C19H25N3O3. The molecule has 2 rings (SSSR count). The van der Waals surface area contributed by atoms with Gasteiger partial charge in [0, 0.05) is 19.0 Å². The Hall–Kier alpha value is -2.47. The van der Waals surface area contributed by atoms with Gasteiger partial charge in [0.15, 0.2) is 0 Å². The van der Waals surface area contributed by atoms with Gasteiger partial charge in [-0.15, -0.1) is 0 Å². The summed E-state index contributed by atoms with van der Waals surface area (Å²) in [6.07, 6.45) is 1.50. The van der Waals surface area contributed by atoms with Gasteiger partial charge in [0.2, 0.25) is 0 Å². The van der Waals surface area contributed by atoms with Crippen LogP contribution >= 0.6 is 0 Å². The Labute approximate surface area is 147 Å². The Morgan fingerprint density at radius 2 is 1.96 bits per heavy atom. The fourth-order valence-corrected chi connectivity index (χ4v) is 2.45. The van der Waals surface area contributed by atoms with Crippen molar-refractivity contribution in [2.24, 2.45) is 0 Å². The van der Waals surface area contributed by atoms with Crippen LogP contribution in [0.3, 0.4) is 0 Å². The topological polar surface area (TPSA) is 84.2 Å². The van der Waals surface area contributed by atoms with Crippen molar-refractivity contribution in [2.75, 3.05) is 0 Å². The zero-order valence-electron chi connectivity index (χ0n) is 14.7. The van der Waals surface area contributed by atoms with E-state index < -0.39 is 18.1 Å². The van der Waals surface area contributed by atoms with Crippen LogP contribution in [-0.2, 0) is 13.0 Å². The van der Waals surface area contributed by atoms with Crippen molar-refractivity contribution in [3.8, 4) is 0 Å². The maximum absolute atomic E-state index is 12.3. The molecule has 2 atom stereocenters. The lowest BCUT2D eigenvalue weighted by Crippen LogP contribution is -2.43. The van der Waals surface area contributed by atoms with Crippen molar-refractivity contribution in [3.05, 3.63) is 64.1 Å². The largest absolute Gasteiger partial charge is 0.391 e. The highest BCUT2D eigenvalue weighted by molar-refractivity contribution is 5.92. The van der Waals surface area contributed by atoms with Crippen LogP contribution in [0, 0.1) is 0 Å². The van der Waals surface area contributed by atoms with E-state index in [2.05, 4.69) is 10.4 Å². The number of nitrogens with zero attached hydrogens (tertiary/aromatic N) is 2. The maximum atomic E-state index is 12.3. The van der Waals surface area contributed by atoms with Crippen LogP contribution in [-0.4, -0.2) is 32.9 Å². The predicted octanol–water partition coefficient (Wildman–Crippen LogP) is 1.77. The highest BCUT2D eigenvalue weighted by Gasteiger charge is 2.19. The van der Waals surface area contributed by atoms with Gasteiger partial charge in [-0.3, -0.25) is 9.59 Å². The van der Waals surface area contributed by atoms with Gasteiger partial charge >= 0.3 is 0 Å². The number of rotatable bonds is 8. The molecule has 134 valence electrons. The molecule has 6 nitrogen and oxygen atoms in total. The third-order valence-electron chi connectivity index (χ3n) is 4.05. The van der Waals surface area contributed by atoms with Crippen LogP contribution < -0.4 is 10.9 Å². The first-order valence-corrected chi connectivity index (χ1v) is 8.62. The van der Waals surface area contributed by atoms with E-state index in [4.69, 9.17) is 0 Å². The summed E-state index contributed by atoms with van der Waals surface area (Å²) in [5, 5.41) is 17.2. The molecule has 0 aliphatic carbocycles. The first kappa shape index (κ1) is 18.9. The summed E-state index contributed by atoms with van der Waals surface area (Å²) in [5.74, 6) is -0.398. The SMILES string of the molecule is CCCCn1nc(C(=O)NC(C)C(O)Cc2ccccc2)ccc1=O. The van der Waals surface area contributed by atoms with Crippen molar-refractivity contribution < 1.29 is 9.90 Å². The Morgan fingerprint density at radius 3 is 2.64 bits per heavy atom. The number of benzene rings is 1. The van der Waals surface area contributed by atoms with Crippen LogP contribution in [0.1, 0.15) is 42.7 Å². The van der Waals surface area contributed by atoms with Gasteiger partial charge in [0.1, 0.15) is 5.69 Å². The number of nitrogens with one attached hydrogen (secondary N) is 1. The normalized spacial score (nSPS) is 13.2. The lowest BCUT2D eigenvalue weighted by molar-refractivity contribution is 0.0844. The molecular weight excluding hydrogens is 318 g/mol. The van der Waals surface area contributed by atoms with Gasteiger partial charge in [0.05, 0.1) is 12.1 Å². The molecule has 0 aliphatic heterocycles. The van der Waals surface area contributed by atoms with Gasteiger partial charge < -0.3 is 10.4 Å². The second-order valence-corrected chi connectivity index (χ2v) is 6.15. The molecule has 6 heteroatoms. The van der Waals surface area contributed by atoms with Gasteiger partial charge in [-0.25, -0.2) is 4.68 Å². The molecule has 1 heterocycles. The zero-order chi connectivity index (χ0) is 18.2. The summed E-state index contributed by atoms with van der Waals surface area (Å²) in [6, 6.07) is 11.9. The minimum atomic E-state index is -0.711. The third kappa shape index (κ3) is 5.53. The number of aliphatic hydroxyl groups excluding tert-OH is 1. The Morgan fingerprint density at radius 1 is 1.24 bits per heavy atom. The molecule has 0 spiro atoms. The number of amides is 1. The van der Waals surface area contributed by atoms with Crippen molar-refractivity contribution in [3.63, 3.8) is 0 Å². The van der Waals surface area contributed by atoms with Crippen LogP contribution in [0.5, 0.6) is 0 Å². The molecule has 0 saturated heterocycles. The number of hydrogen-bond donors (Lipinski definition) is 2. The fourth-order valence-electron chi connectivity index (χ4n) is 2.45. The zero-order valence-corrected chi connectivity index (χ0v) is 14.7. The molecule has 0 aliphatic rings. The summed E-state index contributed by atoms with van der Waals surface area (Å²) in [4.78, 5) is 24.1. The molecule has 0 bridgehead atoms. The smallest absolute Gasteiger partial charge is 0.272 e. The number of hydrogen-bond acceptors (Lipinski definition) is 4.